The lowest BCUT2D eigenvalue weighted by atomic mass is 10.5. The number of hydrogen-bond acceptors (Lipinski definition) is 5. The molecule has 0 spiro atoms. The molecule has 7 heteroatoms. The first-order chi connectivity index (χ1) is 6.18. The van der Waals surface area contributed by atoms with Crippen LogP contribution >= 0.6 is 0 Å². The van der Waals surface area contributed by atoms with Gasteiger partial charge in [-0.05, 0) is 4.92 Å². The number of aliphatic hydroxyl groups is 1. The van der Waals surface area contributed by atoms with Gasteiger partial charge in [0, 0.05) is 0 Å². The third-order valence-corrected chi connectivity index (χ3v) is 1.85. The van der Waals surface area contributed by atoms with Crippen molar-refractivity contribution in [1.82, 2.24) is 9.55 Å². The summed E-state index contributed by atoms with van der Waals surface area (Å²) in [5, 5.41) is 19.6. The minimum Gasteiger partial charge on any atom is -0.365 e. The van der Waals surface area contributed by atoms with Crippen LogP contribution in [0.25, 0.3) is 0 Å². The van der Waals surface area contributed by atoms with Gasteiger partial charge in [-0.3, -0.25) is 0 Å². The molecule has 7 nitrogen and oxygen atoms in total. The maximum atomic E-state index is 10.5. The van der Waals surface area contributed by atoms with Gasteiger partial charge in [0.15, 0.2) is 6.29 Å². The fourth-order valence-electron chi connectivity index (χ4n) is 1.24. The minimum absolute atomic E-state index is 0.0612. The van der Waals surface area contributed by atoms with E-state index in [0.29, 0.717) is 5.82 Å². The first-order valence-electron chi connectivity index (χ1n) is 3.67. The highest BCUT2D eigenvalue weighted by molar-refractivity contribution is 5.19. The summed E-state index contributed by atoms with van der Waals surface area (Å²) in [4.78, 5) is 13.7. The van der Waals surface area contributed by atoms with Crippen molar-refractivity contribution in [3.05, 3.63) is 22.1 Å². The fourth-order valence-corrected chi connectivity index (χ4v) is 1.24. The molecule has 2 heterocycles. The number of rotatable bonds is 1. The van der Waals surface area contributed by atoms with Crippen LogP contribution in [0.15, 0.2) is 6.20 Å². The van der Waals surface area contributed by atoms with Crippen LogP contribution in [0.2, 0.25) is 0 Å². The van der Waals surface area contributed by atoms with Gasteiger partial charge >= 0.3 is 5.82 Å². The minimum atomic E-state index is -0.986. The van der Waals surface area contributed by atoms with E-state index in [1.54, 1.807) is 0 Å². The maximum absolute atomic E-state index is 10.5. The number of hydrogen-bond donors (Lipinski definition) is 1. The second-order valence-corrected chi connectivity index (χ2v) is 2.67. The summed E-state index contributed by atoms with van der Waals surface area (Å²) >= 11 is 0. The third-order valence-electron chi connectivity index (χ3n) is 1.85. The second kappa shape index (κ2) is 2.79. The molecular formula is C6H7N3O4. The predicted octanol–water partition coefficient (Wildman–Crippen LogP) is -0.360. The van der Waals surface area contributed by atoms with Crippen LogP contribution in [0.4, 0.5) is 5.82 Å². The molecule has 0 radical (unpaired) electrons. The van der Waals surface area contributed by atoms with Crippen molar-refractivity contribution in [3.8, 4) is 0 Å². The molecule has 2 rings (SSSR count). The summed E-state index contributed by atoms with van der Waals surface area (Å²) in [7, 11) is 0. The van der Waals surface area contributed by atoms with Gasteiger partial charge < -0.3 is 20.0 Å². The molecule has 70 valence electrons. The van der Waals surface area contributed by atoms with Crippen LogP contribution in [0.1, 0.15) is 5.82 Å². The number of nitro groups is 1. The molecule has 13 heavy (non-hydrogen) atoms. The summed E-state index contributed by atoms with van der Waals surface area (Å²) in [5.74, 6) is 0.356. The topological polar surface area (TPSA) is 90.4 Å². The lowest BCUT2D eigenvalue weighted by Gasteiger charge is -2.15. The molecule has 1 aromatic heterocycles. The predicted molar refractivity (Wildman–Crippen MR) is 39.7 cm³/mol. The molecular weight excluding hydrogens is 178 g/mol. The number of ether oxygens (including phenoxy) is 1. The average molecular weight is 185 g/mol. The molecule has 0 fully saturated rings. The van der Waals surface area contributed by atoms with Gasteiger partial charge in [-0.15, -0.1) is 0 Å². The third kappa shape index (κ3) is 1.27. The zero-order valence-electron chi connectivity index (χ0n) is 6.58. The van der Waals surface area contributed by atoms with Crippen molar-refractivity contribution in [1.29, 1.82) is 0 Å². The Bertz CT molecular complexity index is 348. The van der Waals surface area contributed by atoms with Crippen LogP contribution in [-0.4, -0.2) is 25.9 Å². The second-order valence-electron chi connectivity index (χ2n) is 2.67. The smallest absolute Gasteiger partial charge is 0.343 e. The van der Waals surface area contributed by atoms with Gasteiger partial charge in [0.05, 0.1) is 0 Å². The van der Waals surface area contributed by atoms with E-state index in [-0.39, 0.29) is 19.0 Å². The van der Waals surface area contributed by atoms with Crippen molar-refractivity contribution in [3.63, 3.8) is 0 Å². The summed E-state index contributed by atoms with van der Waals surface area (Å²) in [6.07, 6.45) is 0.178. The van der Waals surface area contributed by atoms with Gasteiger partial charge in [0.2, 0.25) is 5.82 Å². The van der Waals surface area contributed by atoms with E-state index >= 15 is 0 Å². The molecule has 0 aromatic carbocycles. The molecule has 1 N–H and O–H groups in total. The molecule has 0 bridgehead atoms. The van der Waals surface area contributed by atoms with Crippen molar-refractivity contribution >= 4 is 5.82 Å². The molecule has 1 atom stereocenters. The van der Waals surface area contributed by atoms with E-state index in [4.69, 9.17) is 9.84 Å². The Morgan fingerprint density at radius 3 is 3.31 bits per heavy atom. The molecule has 1 aliphatic heterocycles. The normalized spacial score (nSPS) is 21.2. The Hall–Kier alpha value is -1.47. The zero-order valence-corrected chi connectivity index (χ0v) is 6.58. The zero-order chi connectivity index (χ0) is 9.42. The highest BCUT2D eigenvalue weighted by Crippen LogP contribution is 2.19. The average Bonchev–Trinajstić information content (AvgIpc) is 2.46. The quantitative estimate of drug-likeness (QED) is 0.476. The highest BCUT2D eigenvalue weighted by atomic mass is 16.6. The number of imidazole rings is 1. The molecule has 0 saturated carbocycles. The largest absolute Gasteiger partial charge is 0.365 e. The number of nitrogens with zero attached hydrogens (tertiary/aromatic N) is 3. The monoisotopic (exact) mass is 185 g/mol. The van der Waals surface area contributed by atoms with Crippen molar-refractivity contribution < 1.29 is 14.8 Å². The summed E-state index contributed by atoms with van der Waals surface area (Å²) in [6.45, 7) is 0.167. The summed E-state index contributed by atoms with van der Waals surface area (Å²) in [5.41, 5.74) is 0. The van der Waals surface area contributed by atoms with E-state index in [1.807, 2.05) is 0 Å². The number of aromatic nitrogens is 2. The van der Waals surface area contributed by atoms with E-state index in [9.17, 15) is 10.1 Å². The Labute approximate surface area is 72.7 Å². The van der Waals surface area contributed by atoms with Gasteiger partial charge in [0.1, 0.15) is 19.3 Å². The van der Waals surface area contributed by atoms with Crippen LogP contribution < -0.4 is 0 Å². The molecule has 1 aromatic rings. The summed E-state index contributed by atoms with van der Waals surface area (Å²) < 4.78 is 6.19. The van der Waals surface area contributed by atoms with Crippen LogP contribution in [0.3, 0.4) is 0 Å². The molecule has 1 unspecified atom stereocenters. The van der Waals surface area contributed by atoms with E-state index < -0.39 is 11.2 Å². The number of fused-ring (bicyclic) bond motifs is 1. The van der Waals surface area contributed by atoms with Crippen LogP contribution in [0.5, 0.6) is 0 Å². The first kappa shape index (κ1) is 8.14. The molecule has 0 amide bonds. The SMILES string of the molecule is O=[N+]([O-])c1cnc2n1CC(O)OC2. The Kier molecular flexibility index (Phi) is 1.74. The van der Waals surface area contributed by atoms with Gasteiger partial charge in [-0.1, -0.05) is 0 Å². The van der Waals surface area contributed by atoms with E-state index in [2.05, 4.69) is 4.98 Å². The van der Waals surface area contributed by atoms with Crippen LogP contribution in [0, 0.1) is 10.1 Å². The first-order valence-corrected chi connectivity index (χ1v) is 3.67. The molecule has 0 aliphatic carbocycles. The summed E-state index contributed by atoms with van der Waals surface area (Å²) in [6, 6.07) is 0. The lowest BCUT2D eigenvalue weighted by molar-refractivity contribution is -0.393. The lowest BCUT2D eigenvalue weighted by Crippen LogP contribution is -2.27. The fraction of sp³-hybridized carbons (Fsp3) is 0.500. The highest BCUT2D eigenvalue weighted by Gasteiger charge is 2.27. The Balaban J connectivity index is 2.41. The van der Waals surface area contributed by atoms with Gasteiger partial charge in [-0.2, -0.15) is 0 Å². The van der Waals surface area contributed by atoms with Gasteiger partial charge in [-0.25, -0.2) is 9.55 Å². The maximum Gasteiger partial charge on any atom is 0.343 e. The molecule has 0 saturated heterocycles. The standard InChI is InChI=1S/C6H7N3O4/c10-6-2-8-4(3-13-6)7-1-5(8)9(11)12/h1,6,10H,2-3H2. The van der Waals surface area contributed by atoms with Crippen LogP contribution in [-0.2, 0) is 17.9 Å². The number of aliphatic hydroxyl groups excluding tert-OH is 1. The van der Waals surface area contributed by atoms with Crippen molar-refractivity contribution in [2.45, 2.75) is 19.4 Å². The Morgan fingerprint density at radius 2 is 2.62 bits per heavy atom. The van der Waals surface area contributed by atoms with Gasteiger partial charge in [0.25, 0.3) is 0 Å². The molecule has 1 aliphatic rings. The van der Waals surface area contributed by atoms with E-state index in [0.717, 1.165) is 6.20 Å². The Morgan fingerprint density at radius 1 is 1.85 bits per heavy atom. The van der Waals surface area contributed by atoms with E-state index in [1.165, 1.54) is 4.57 Å². The van der Waals surface area contributed by atoms with Crippen molar-refractivity contribution in [2.24, 2.45) is 0 Å². The van der Waals surface area contributed by atoms with Crippen molar-refractivity contribution in [2.75, 3.05) is 0 Å².